The van der Waals surface area contributed by atoms with Crippen LogP contribution in [0, 0.1) is 12.8 Å². The van der Waals surface area contributed by atoms with E-state index in [1.54, 1.807) is 30.1 Å². The molecular formula is C21H23ClN4O5S. The summed E-state index contributed by atoms with van der Waals surface area (Å²) in [7, 11) is -1.27. The molecule has 5 rings (SSSR count). The second kappa shape index (κ2) is 7.95. The molecule has 0 aliphatic carbocycles. The van der Waals surface area contributed by atoms with E-state index in [2.05, 4.69) is 10.1 Å². The molecule has 11 heteroatoms. The van der Waals surface area contributed by atoms with Gasteiger partial charge in [0.15, 0.2) is 15.7 Å². The van der Waals surface area contributed by atoms with Gasteiger partial charge in [-0.05, 0) is 6.92 Å². The Balaban J connectivity index is 1.57. The first-order chi connectivity index (χ1) is 15.3. The van der Waals surface area contributed by atoms with Gasteiger partial charge in [0.25, 0.3) is 0 Å². The van der Waals surface area contributed by atoms with Gasteiger partial charge in [-0.3, -0.25) is 0 Å². The topological polar surface area (TPSA) is 105 Å². The van der Waals surface area contributed by atoms with E-state index in [-0.39, 0.29) is 17.4 Å². The largest absolute Gasteiger partial charge is 0.493 e. The van der Waals surface area contributed by atoms with Crippen LogP contribution < -0.4 is 4.74 Å². The summed E-state index contributed by atoms with van der Waals surface area (Å²) in [6, 6.07) is 5.37. The van der Waals surface area contributed by atoms with E-state index < -0.39 is 15.4 Å². The Morgan fingerprint density at radius 2 is 2.12 bits per heavy atom. The molecule has 3 aromatic rings. The Morgan fingerprint density at radius 3 is 2.81 bits per heavy atom. The molecule has 32 heavy (non-hydrogen) atoms. The van der Waals surface area contributed by atoms with Gasteiger partial charge in [-0.2, -0.15) is 5.10 Å². The van der Waals surface area contributed by atoms with Crippen LogP contribution in [0.3, 0.4) is 0 Å². The van der Waals surface area contributed by atoms with Crippen LogP contribution in [0.4, 0.5) is 0 Å². The normalized spacial score (nSPS) is 22.8. The lowest BCUT2D eigenvalue weighted by atomic mass is 9.97. The van der Waals surface area contributed by atoms with E-state index in [1.807, 2.05) is 13.0 Å². The summed E-state index contributed by atoms with van der Waals surface area (Å²) in [5.41, 5.74) is 1.56. The van der Waals surface area contributed by atoms with Gasteiger partial charge in [0, 0.05) is 55.8 Å². The van der Waals surface area contributed by atoms with Crippen LogP contribution in [0.1, 0.15) is 17.8 Å². The molecule has 1 atom stereocenters. The molecule has 5 heterocycles. The van der Waals surface area contributed by atoms with Crippen molar-refractivity contribution in [1.82, 2.24) is 19.7 Å². The molecule has 0 amide bonds. The molecule has 0 aromatic carbocycles. The molecule has 0 spiro atoms. The second-order valence-electron chi connectivity index (χ2n) is 8.32. The number of aromatic nitrogens is 4. The van der Waals surface area contributed by atoms with Gasteiger partial charge < -0.3 is 14.2 Å². The summed E-state index contributed by atoms with van der Waals surface area (Å²) in [4.78, 5) is 9.02. The lowest BCUT2D eigenvalue weighted by molar-refractivity contribution is -0.0247. The van der Waals surface area contributed by atoms with Crippen molar-refractivity contribution in [1.29, 1.82) is 0 Å². The summed E-state index contributed by atoms with van der Waals surface area (Å²) in [6.07, 6.45) is 2.35. The van der Waals surface area contributed by atoms with Crippen LogP contribution in [0.2, 0.25) is 5.15 Å². The van der Waals surface area contributed by atoms with Crippen molar-refractivity contribution in [2.75, 3.05) is 38.4 Å². The number of methoxy groups -OCH3 is 1. The van der Waals surface area contributed by atoms with Gasteiger partial charge in [-0.15, -0.1) is 0 Å². The highest BCUT2D eigenvalue weighted by atomic mass is 35.5. The third-order valence-electron chi connectivity index (χ3n) is 6.03. The Labute approximate surface area is 190 Å². The first-order valence-electron chi connectivity index (χ1n) is 10.3. The number of pyridine rings is 2. The number of hydrogen-bond donors (Lipinski definition) is 0. The van der Waals surface area contributed by atoms with Crippen LogP contribution in [0.5, 0.6) is 5.75 Å². The molecule has 3 aromatic heterocycles. The number of aryl methyl sites for hydroxylation is 1. The summed E-state index contributed by atoms with van der Waals surface area (Å²) in [6.45, 7) is 3.16. The fraction of sp³-hybridized carbons (Fsp3) is 0.476. The van der Waals surface area contributed by atoms with Crippen molar-refractivity contribution in [2.24, 2.45) is 5.92 Å². The van der Waals surface area contributed by atoms with E-state index in [4.69, 9.17) is 30.8 Å². The van der Waals surface area contributed by atoms with Crippen molar-refractivity contribution in [3.05, 3.63) is 40.9 Å². The minimum atomic E-state index is -2.91. The van der Waals surface area contributed by atoms with E-state index in [0.29, 0.717) is 48.7 Å². The lowest BCUT2D eigenvalue weighted by Crippen LogP contribution is -2.40. The first kappa shape index (κ1) is 21.6. The third kappa shape index (κ3) is 3.85. The molecule has 2 saturated heterocycles. The summed E-state index contributed by atoms with van der Waals surface area (Å²) < 4.78 is 42.2. The molecule has 0 N–H and O–H groups in total. The van der Waals surface area contributed by atoms with Gasteiger partial charge in [0.1, 0.15) is 16.5 Å². The number of fused-ring (bicyclic) bond motifs is 1. The molecule has 0 bridgehead atoms. The maximum Gasteiger partial charge on any atom is 0.158 e. The standard InChI is InChI=1S/C21H23ClN4O5S/c1-13-16-8-23-19(22)7-17(16)26(25-13)20-6-15(31-9-14-10-32(27,28)11-14)5-18(24-20)21(29-2)3-4-30-12-21/h5-8,14H,3-4,9-12H2,1-2H3/t21-/m1/s1. The number of hydrogen-bond acceptors (Lipinski definition) is 8. The van der Waals surface area contributed by atoms with Crippen LogP contribution in [0.15, 0.2) is 24.4 Å². The van der Waals surface area contributed by atoms with Crippen LogP contribution >= 0.6 is 11.6 Å². The maximum atomic E-state index is 11.5. The molecular weight excluding hydrogens is 456 g/mol. The molecule has 2 aliphatic rings. The highest BCUT2D eigenvalue weighted by Gasteiger charge is 2.39. The summed E-state index contributed by atoms with van der Waals surface area (Å²) in [5, 5.41) is 5.88. The van der Waals surface area contributed by atoms with E-state index in [0.717, 1.165) is 16.6 Å². The fourth-order valence-electron chi connectivity index (χ4n) is 4.22. The predicted octanol–water partition coefficient (Wildman–Crippen LogP) is 2.46. The Kier molecular flexibility index (Phi) is 5.36. The molecule has 2 aliphatic heterocycles. The zero-order chi connectivity index (χ0) is 22.5. The Morgan fingerprint density at radius 1 is 1.31 bits per heavy atom. The molecule has 2 fully saturated rings. The molecule has 0 saturated carbocycles. The van der Waals surface area contributed by atoms with Crippen molar-refractivity contribution in [3.63, 3.8) is 0 Å². The Hall–Kier alpha value is -2.27. The van der Waals surface area contributed by atoms with Crippen LogP contribution in [0.25, 0.3) is 16.7 Å². The number of ether oxygens (including phenoxy) is 3. The monoisotopic (exact) mass is 478 g/mol. The molecule has 0 unspecified atom stereocenters. The maximum absolute atomic E-state index is 11.5. The summed E-state index contributed by atoms with van der Waals surface area (Å²) >= 11 is 6.15. The molecule has 170 valence electrons. The average Bonchev–Trinajstić information content (AvgIpc) is 3.36. The van der Waals surface area contributed by atoms with Gasteiger partial charge in [-0.25, -0.2) is 23.1 Å². The van der Waals surface area contributed by atoms with Crippen molar-refractivity contribution < 1.29 is 22.6 Å². The van der Waals surface area contributed by atoms with E-state index in [1.165, 1.54) is 0 Å². The third-order valence-corrected chi connectivity index (χ3v) is 8.19. The quantitative estimate of drug-likeness (QED) is 0.497. The van der Waals surface area contributed by atoms with Crippen molar-refractivity contribution in [3.8, 4) is 11.6 Å². The number of rotatable bonds is 6. The zero-order valence-electron chi connectivity index (χ0n) is 17.7. The summed E-state index contributed by atoms with van der Waals surface area (Å²) in [5.74, 6) is 1.41. The average molecular weight is 479 g/mol. The minimum absolute atomic E-state index is 0.0103. The Bertz CT molecular complexity index is 1270. The number of nitrogens with zero attached hydrogens (tertiary/aromatic N) is 4. The second-order valence-corrected chi connectivity index (χ2v) is 10.9. The van der Waals surface area contributed by atoms with Gasteiger partial charge in [0.05, 0.1) is 41.6 Å². The van der Waals surface area contributed by atoms with Gasteiger partial charge >= 0.3 is 0 Å². The number of halogens is 1. The van der Waals surface area contributed by atoms with E-state index >= 15 is 0 Å². The SMILES string of the molecule is CO[C@]1(c2cc(OCC3CS(=O)(=O)C3)cc(-n3nc(C)c4cnc(Cl)cc43)n2)CCOC1. The van der Waals surface area contributed by atoms with Crippen molar-refractivity contribution >= 4 is 32.3 Å². The van der Waals surface area contributed by atoms with Crippen LogP contribution in [-0.4, -0.2) is 66.6 Å². The molecule has 0 radical (unpaired) electrons. The van der Waals surface area contributed by atoms with Gasteiger partial charge in [-0.1, -0.05) is 11.6 Å². The zero-order valence-corrected chi connectivity index (χ0v) is 19.3. The van der Waals surface area contributed by atoms with Gasteiger partial charge in [0.2, 0.25) is 0 Å². The van der Waals surface area contributed by atoms with Crippen LogP contribution in [-0.2, 0) is 24.9 Å². The number of sulfone groups is 1. The predicted molar refractivity (Wildman–Crippen MR) is 118 cm³/mol. The first-order valence-corrected chi connectivity index (χ1v) is 12.5. The lowest BCUT2D eigenvalue weighted by Gasteiger charge is -2.27. The van der Waals surface area contributed by atoms with E-state index in [9.17, 15) is 8.42 Å². The highest BCUT2D eigenvalue weighted by Crippen LogP contribution is 2.36. The minimum Gasteiger partial charge on any atom is -0.493 e. The molecule has 9 nitrogen and oxygen atoms in total. The highest BCUT2D eigenvalue weighted by molar-refractivity contribution is 7.92. The van der Waals surface area contributed by atoms with Crippen molar-refractivity contribution in [2.45, 2.75) is 18.9 Å². The fourth-order valence-corrected chi connectivity index (χ4v) is 5.90. The smallest absolute Gasteiger partial charge is 0.158 e.